The number of piperidine rings is 1. The average Bonchev–Trinajstić information content (AvgIpc) is 3.35. The first-order valence-electron chi connectivity index (χ1n) is 9.14. The van der Waals surface area contributed by atoms with E-state index >= 15 is 0 Å². The Morgan fingerprint density at radius 3 is 2.96 bits per heavy atom. The predicted molar refractivity (Wildman–Crippen MR) is 105 cm³/mol. The average molecular weight is 399 g/mol. The van der Waals surface area contributed by atoms with E-state index in [0.717, 1.165) is 16.3 Å². The molecule has 146 valence electrons. The number of nitrogens with zero attached hydrogens (tertiary/aromatic N) is 4. The molecular weight excluding hydrogens is 378 g/mol. The van der Waals surface area contributed by atoms with Gasteiger partial charge in [-0.2, -0.15) is 4.98 Å². The number of nitrogens with one attached hydrogen (secondary N) is 1. The summed E-state index contributed by atoms with van der Waals surface area (Å²) >= 11 is 1.46. The van der Waals surface area contributed by atoms with Gasteiger partial charge in [0.1, 0.15) is 4.88 Å². The Bertz CT molecular complexity index is 962. The molecule has 4 rings (SSSR count). The van der Waals surface area contributed by atoms with Crippen molar-refractivity contribution < 1.29 is 14.4 Å². The van der Waals surface area contributed by atoms with E-state index in [0.29, 0.717) is 49.8 Å². The van der Waals surface area contributed by atoms with Crippen molar-refractivity contribution in [3.05, 3.63) is 46.9 Å². The van der Waals surface area contributed by atoms with Gasteiger partial charge in [0, 0.05) is 24.3 Å². The van der Waals surface area contributed by atoms with Gasteiger partial charge in [-0.25, -0.2) is 4.98 Å². The number of carbonyl (C=O) groups is 1. The molecule has 1 fully saturated rings. The van der Waals surface area contributed by atoms with E-state index < -0.39 is 0 Å². The van der Waals surface area contributed by atoms with Crippen LogP contribution in [0.5, 0.6) is 0 Å². The quantitative estimate of drug-likeness (QED) is 0.680. The first kappa shape index (κ1) is 18.6. The highest BCUT2D eigenvalue weighted by Gasteiger charge is 2.22. The van der Waals surface area contributed by atoms with E-state index in [1.54, 1.807) is 16.5 Å². The normalized spacial score (nSPS) is 15.0. The topological polar surface area (TPSA) is 104 Å². The molecule has 2 aromatic heterocycles. The zero-order valence-electron chi connectivity index (χ0n) is 15.5. The number of aryl methyl sites for hydroxylation is 1. The lowest BCUT2D eigenvalue weighted by atomic mass is 10.1. The Balaban J connectivity index is 1.39. The molecule has 1 aliphatic rings. The minimum atomic E-state index is -0.300. The van der Waals surface area contributed by atoms with Gasteiger partial charge in [0.2, 0.25) is 0 Å². The lowest BCUT2D eigenvalue weighted by Gasteiger charge is -2.29. The van der Waals surface area contributed by atoms with Gasteiger partial charge in [-0.3, -0.25) is 4.79 Å². The van der Waals surface area contributed by atoms with Crippen molar-refractivity contribution in [2.45, 2.75) is 32.4 Å². The van der Waals surface area contributed by atoms with Crippen LogP contribution in [-0.4, -0.2) is 50.2 Å². The SMILES string of the molecule is Cc1ncsc1-c1nc(CNc2cccc(C(=O)N3CCC(O)CC3)c2)no1. The first-order valence-corrected chi connectivity index (χ1v) is 10.0. The number of anilines is 1. The Labute approximate surface area is 166 Å². The summed E-state index contributed by atoms with van der Waals surface area (Å²) in [5.74, 6) is 0.982. The lowest BCUT2D eigenvalue weighted by Crippen LogP contribution is -2.40. The second kappa shape index (κ2) is 8.07. The predicted octanol–water partition coefficient (Wildman–Crippen LogP) is 2.71. The van der Waals surface area contributed by atoms with Gasteiger partial charge in [-0.15, -0.1) is 11.3 Å². The summed E-state index contributed by atoms with van der Waals surface area (Å²) in [4.78, 5) is 23.9. The van der Waals surface area contributed by atoms with E-state index in [2.05, 4.69) is 20.4 Å². The first-order chi connectivity index (χ1) is 13.6. The molecule has 0 spiro atoms. The van der Waals surface area contributed by atoms with E-state index in [1.807, 2.05) is 25.1 Å². The van der Waals surface area contributed by atoms with E-state index in [4.69, 9.17) is 4.52 Å². The highest BCUT2D eigenvalue weighted by molar-refractivity contribution is 7.13. The molecule has 1 amide bonds. The van der Waals surface area contributed by atoms with Crippen LogP contribution in [0.25, 0.3) is 10.8 Å². The van der Waals surface area contributed by atoms with Crippen molar-refractivity contribution in [1.29, 1.82) is 0 Å². The molecule has 0 unspecified atom stereocenters. The van der Waals surface area contributed by atoms with Crippen LogP contribution in [0, 0.1) is 6.92 Å². The van der Waals surface area contributed by atoms with Gasteiger partial charge in [-0.05, 0) is 38.0 Å². The Kier molecular flexibility index (Phi) is 5.36. The van der Waals surface area contributed by atoms with E-state index in [9.17, 15) is 9.90 Å². The van der Waals surface area contributed by atoms with Crippen LogP contribution in [0.2, 0.25) is 0 Å². The second-order valence-corrected chi connectivity index (χ2v) is 7.60. The van der Waals surface area contributed by atoms with Gasteiger partial charge >= 0.3 is 0 Å². The van der Waals surface area contributed by atoms with Gasteiger partial charge < -0.3 is 19.8 Å². The van der Waals surface area contributed by atoms with Crippen LogP contribution < -0.4 is 5.32 Å². The summed E-state index contributed by atoms with van der Waals surface area (Å²) in [6, 6.07) is 7.36. The van der Waals surface area contributed by atoms with Crippen molar-refractivity contribution >= 4 is 22.9 Å². The van der Waals surface area contributed by atoms with Crippen LogP contribution in [0.3, 0.4) is 0 Å². The van der Waals surface area contributed by atoms with Crippen LogP contribution in [-0.2, 0) is 6.54 Å². The molecule has 3 heterocycles. The summed E-state index contributed by atoms with van der Waals surface area (Å²) < 4.78 is 5.32. The molecule has 28 heavy (non-hydrogen) atoms. The van der Waals surface area contributed by atoms with Crippen molar-refractivity contribution in [2.75, 3.05) is 18.4 Å². The Hall–Kier alpha value is -2.78. The smallest absolute Gasteiger partial charge is 0.269 e. The molecule has 0 saturated carbocycles. The Morgan fingerprint density at radius 2 is 2.21 bits per heavy atom. The monoisotopic (exact) mass is 399 g/mol. The lowest BCUT2D eigenvalue weighted by molar-refractivity contribution is 0.0546. The number of likely N-dealkylation sites (tertiary alicyclic amines) is 1. The highest BCUT2D eigenvalue weighted by Crippen LogP contribution is 2.25. The second-order valence-electron chi connectivity index (χ2n) is 6.74. The van der Waals surface area contributed by atoms with Crippen LogP contribution in [0.1, 0.15) is 34.7 Å². The summed E-state index contributed by atoms with van der Waals surface area (Å²) in [5, 5.41) is 16.8. The molecule has 1 aliphatic heterocycles. The maximum absolute atomic E-state index is 12.7. The third-order valence-corrected chi connectivity index (χ3v) is 5.64. The fourth-order valence-electron chi connectivity index (χ4n) is 3.12. The number of aliphatic hydroxyl groups is 1. The maximum Gasteiger partial charge on any atom is 0.269 e. The van der Waals surface area contributed by atoms with Crippen LogP contribution in [0.15, 0.2) is 34.3 Å². The zero-order chi connectivity index (χ0) is 19.5. The molecule has 2 N–H and O–H groups in total. The molecule has 0 aliphatic carbocycles. The largest absolute Gasteiger partial charge is 0.393 e. The van der Waals surface area contributed by atoms with Gasteiger partial charge in [0.25, 0.3) is 11.8 Å². The fraction of sp³-hybridized carbons (Fsp3) is 0.368. The summed E-state index contributed by atoms with van der Waals surface area (Å²) in [5.41, 5.74) is 4.04. The van der Waals surface area contributed by atoms with Gasteiger partial charge in [-0.1, -0.05) is 11.2 Å². The summed E-state index contributed by atoms with van der Waals surface area (Å²) in [6.07, 6.45) is 0.956. The Morgan fingerprint density at radius 1 is 1.39 bits per heavy atom. The standard InChI is InChI=1S/C19H21N5O3S/c1-12-17(28-11-21-12)18-22-16(23-27-18)10-20-14-4-2-3-13(9-14)19(26)24-7-5-15(25)6-8-24/h2-4,9,11,15,20,25H,5-8,10H2,1H3. The van der Waals surface area contributed by atoms with Crippen molar-refractivity contribution in [2.24, 2.45) is 0 Å². The van der Waals surface area contributed by atoms with E-state index in [1.165, 1.54) is 11.3 Å². The number of thiazole rings is 1. The molecule has 1 saturated heterocycles. The molecule has 1 aromatic carbocycles. The molecule has 0 radical (unpaired) electrons. The molecule has 9 heteroatoms. The number of carbonyl (C=O) groups excluding carboxylic acids is 1. The van der Waals surface area contributed by atoms with Crippen molar-refractivity contribution in [3.63, 3.8) is 0 Å². The molecule has 0 bridgehead atoms. The maximum atomic E-state index is 12.7. The third kappa shape index (κ3) is 4.05. The minimum Gasteiger partial charge on any atom is -0.393 e. The fourth-order valence-corrected chi connectivity index (χ4v) is 3.84. The molecule has 8 nitrogen and oxygen atoms in total. The minimum absolute atomic E-state index is 0.0157. The summed E-state index contributed by atoms with van der Waals surface area (Å²) in [6.45, 7) is 3.45. The number of benzene rings is 1. The van der Waals surface area contributed by atoms with Gasteiger partial charge in [0.05, 0.1) is 23.9 Å². The third-order valence-electron chi connectivity index (χ3n) is 4.72. The zero-order valence-corrected chi connectivity index (χ0v) is 16.3. The van der Waals surface area contributed by atoms with Gasteiger partial charge in [0.15, 0.2) is 5.82 Å². The number of aromatic nitrogens is 3. The van der Waals surface area contributed by atoms with Crippen LogP contribution in [0.4, 0.5) is 5.69 Å². The number of aliphatic hydroxyl groups excluding tert-OH is 1. The molecule has 0 atom stereocenters. The summed E-state index contributed by atoms with van der Waals surface area (Å²) in [7, 11) is 0. The van der Waals surface area contributed by atoms with Crippen molar-refractivity contribution in [3.8, 4) is 10.8 Å². The van der Waals surface area contributed by atoms with Crippen LogP contribution >= 0.6 is 11.3 Å². The van der Waals surface area contributed by atoms with Crippen molar-refractivity contribution in [1.82, 2.24) is 20.0 Å². The number of hydrogen-bond donors (Lipinski definition) is 2. The number of hydrogen-bond acceptors (Lipinski definition) is 8. The molecular formula is C19H21N5O3S. The number of amides is 1. The molecule has 3 aromatic rings. The number of rotatable bonds is 5. The highest BCUT2D eigenvalue weighted by atomic mass is 32.1. The van der Waals surface area contributed by atoms with E-state index in [-0.39, 0.29) is 12.0 Å².